The number of aliphatic hydroxyl groups excluding tert-OH is 1. The second kappa shape index (κ2) is 9.24. The van der Waals surface area contributed by atoms with Gasteiger partial charge in [-0.05, 0) is 48.9 Å². The van der Waals surface area contributed by atoms with Crippen LogP contribution in [0.25, 0.3) is 0 Å². The van der Waals surface area contributed by atoms with Gasteiger partial charge in [0.15, 0.2) is 5.96 Å². The summed E-state index contributed by atoms with van der Waals surface area (Å²) in [5.41, 5.74) is 2.11. The predicted molar refractivity (Wildman–Crippen MR) is 109 cm³/mol. The summed E-state index contributed by atoms with van der Waals surface area (Å²) in [5, 5.41) is 18.7. The summed E-state index contributed by atoms with van der Waals surface area (Å²) < 4.78 is 1.85. The summed E-state index contributed by atoms with van der Waals surface area (Å²) in [5.74, 6) is 1.47. The van der Waals surface area contributed by atoms with Crippen LogP contribution < -0.4 is 5.32 Å². The molecule has 2 unspecified atom stereocenters. The minimum Gasteiger partial charge on any atom is -0.386 e. The van der Waals surface area contributed by atoms with Crippen LogP contribution in [0.1, 0.15) is 30.6 Å². The van der Waals surface area contributed by atoms with E-state index in [0.29, 0.717) is 17.5 Å². The van der Waals surface area contributed by atoms with E-state index in [-0.39, 0.29) is 0 Å². The van der Waals surface area contributed by atoms with Crippen molar-refractivity contribution in [2.45, 2.75) is 25.9 Å². The number of nitrogens with one attached hydrogen (secondary N) is 1. The fraction of sp³-hybridized carbons (Fsp3) is 0.500. The summed E-state index contributed by atoms with van der Waals surface area (Å²) in [4.78, 5) is 6.96. The average molecular weight is 390 g/mol. The lowest BCUT2D eigenvalue weighted by atomic mass is 10.0. The Morgan fingerprint density at radius 3 is 2.85 bits per heavy atom. The fourth-order valence-corrected chi connectivity index (χ4v) is 3.62. The maximum Gasteiger partial charge on any atom is 0.194 e. The quantitative estimate of drug-likeness (QED) is 0.588. The number of halogens is 1. The molecule has 2 atom stereocenters. The molecule has 0 saturated carbocycles. The molecule has 0 bridgehead atoms. The van der Waals surface area contributed by atoms with Crippen molar-refractivity contribution in [1.29, 1.82) is 0 Å². The van der Waals surface area contributed by atoms with Crippen LogP contribution in [-0.2, 0) is 13.5 Å². The Morgan fingerprint density at radius 2 is 2.19 bits per heavy atom. The van der Waals surface area contributed by atoms with E-state index in [4.69, 9.17) is 11.6 Å². The van der Waals surface area contributed by atoms with Gasteiger partial charge in [0, 0.05) is 37.9 Å². The molecule has 2 N–H and O–H groups in total. The first-order valence-corrected chi connectivity index (χ1v) is 9.87. The van der Waals surface area contributed by atoms with E-state index in [1.807, 2.05) is 30.1 Å². The highest BCUT2D eigenvalue weighted by Crippen LogP contribution is 2.21. The highest BCUT2D eigenvalue weighted by atomic mass is 35.5. The highest BCUT2D eigenvalue weighted by Gasteiger charge is 2.25. The van der Waals surface area contributed by atoms with Gasteiger partial charge in [-0.2, -0.15) is 5.10 Å². The van der Waals surface area contributed by atoms with Gasteiger partial charge in [0.25, 0.3) is 0 Å². The van der Waals surface area contributed by atoms with E-state index in [0.717, 1.165) is 44.0 Å². The molecule has 0 amide bonds. The number of aliphatic hydroxyl groups is 1. The van der Waals surface area contributed by atoms with Gasteiger partial charge in [0.1, 0.15) is 0 Å². The second-order valence-corrected chi connectivity index (χ2v) is 7.53. The maximum atomic E-state index is 10.4. The number of aliphatic imine (C=N–C) groups is 1. The molecule has 1 fully saturated rings. The molecule has 0 aliphatic carbocycles. The van der Waals surface area contributed by atoms with Gasteiger partial charge < -0.3 is 15.3 Å². The van der Waals surface area contributed by atoms with E-state index < -0.39 is 6.10 Å². The van der Waals surface area contributed by atoms with Crippen molar-refractivity contribution < 1.29 is 5.11 Å². The van der Waals surface area contributed by atoms with Crippen molar-refractivity contribution in [2.24, 2.45) is 18.0 Å². The van der Waals surface area contributed by atoms with E-state index >= 15 is 0 Å². The summed E-state index contributed by atoms with van der Waals surface area (Å²) in [6.45, 7) is 5.15. The van der Waals surface area contributed by atoms with Gasteiger partial charge in [-0.3, -0.25) is 9.67 Å². The third-order valence-electron chi connectivity index (χ3n) is 4.87. The molecule has 6 nitrogen and oxygen atoms in total. The van der Waals surface area contributed by atoms with E-state index in [2.05, 4.69) is 33.4 Å². The monoisotopic (exact) mass is 389 g/mol. The number of hydrogen-bond acceptors (Lipinski definition) is 3. The van der Waals surface area contributed by atoms with Crippen molar-refractivity contribution in [3.8, 4) is 0 Å². The molecular formula is C20H28ClN5O. The van der Waals surface area contributed by atoms with Crippen LogP contribution in [0.5, 0.6) is 0 Å². The Balaban J connectivity index is 1.59. The molecule has 1 aliphatic rings. The molecule has 2 aromatic rings. The van der Waals surface area contributed by atoms with Crippen LogP contribution in [0.4, 0.5) is 0 Å². The molecular weight excluding hydrogens is 362 g/mol. The van der Waals surface area contributed by atoms with Gasteiger partial charge in [0.05, 0.1) is 18.8 Å². The topological polar surface area (TPSA) is 65.7 Å². The van der Waals surface area contributed by atoms with Gasteiger partial charge >= 0.3 is 0 Å². The number of hydrogen-bond donors (Lipinski definition) is 2. The lowest BCUT2D eigenvalue weighted by Gasteiger charge is -2.22. The summed E-state index contributed by atoms with van der Waals surface area (Å²) in [6.07, 6.45) is 5.58. The van der Waals surface area contributed by atoms with E-state index in [1.54, 1.807) is 12.1 Å². The van der Waals surface area contributed by atoms with Gasteiger partial charge in [-0.25, -0.2) is 0 Å². The normalized spacial score (nSPS) is 18.7. The molecule has 2 heterocycles. The zero-order valence-corrected chi connectivity index (χ0v) is 16.7. The lowest BCUT2D eigenvalue weighted by molar-refractivity contribution is 0.186. The second-order valence-electron chi connectivity index (χ2n) is 7.09. The number of rotatable bonds is 6. The number of aromatic nitrogens is 2. The summed E-state index contributed by atoms with van der Waals surface area (Å²) >= 11 is 5.91. The predicted octanol–water partition coefficient (Wildman–Crippen LogP) is 2.64. The minimum atomic E-state index is -0.635. The summed E-state index contributed by atoms with van der Waals surface area (Å²) in [6, 6.07) is 7.27. The smallest absolute Gasteiger partial charge is 0.194 e. The molecule has 7 heteroatoms. The maximum absolute atomic E-state index is 10.4. The molecule has 0 radical (unpaired) electrons. The third kappa shape index (κ3) is 5.47. The first-order chi connectivity index (χ1) is 13.0. The van der Waals surface area contributed by atoms with Crippen LogP contribution in [0.2, 0.25) is 5.02 Å². The van der Waals surface area contributed by atoms with Crippen molar-refractivity contribution in [3.63, 3.8) is 0 Å². The van der Waals surface area contributed by atoms with E-state index in [1.165, 1.54) is 5.56 Å². The molecule has 3 rings (SSSR count). The van der Waals surface area contributed by atoms with Gasteiger partial charge in [-0.15, -0.1) is 0 Å². The van der Waals surface area contributed by atoms with Crippen molar-refractivity contribution >= 4 is 17.6 Å². The van der Waals surface area contributed by atoms with Gasteiger partial charge in [-0.1, -0.05) is 23.7 Å². The number of guanidine groups is 1. The summed E-state index contributed by atoms with van der Waals surface area (Å²) in [7, 11) is 1.95. The average Bonchev–Trinajstić information content (AvgIpc) is 3.28. The Kier molecular flexibility index (Phi) is 6.74. The van der Waals surface area contributed by atoms with Crippen molar-refractivity contribution in [3.05, 3.63) is 52.8 Å². The largest absolute Gasteiger partial charge is 0.386 e. The number of nitrogens with zero attached hydrogens (tertiary/aromatic N) is 4. The van der Waals surface area contributed by atoms with Crippen molar-refractivity contribution in [2.75, 3.05) is 26.2 Å². The van der Waals surface area contributed by atoms with Crippen molar-refractivity contribution in [1.82, 2.24) is 20.0 Å². The van der Waals surface area contributed by atoms with Crippen LogP contribution >= 0.6 is 11.6 Å². The third-order valence-corrected chi connectivity index (χ3v) is 5.12. The SMILES string of the molecule is CCNC(=NCC(O)c1ccc(Cl)cc1)N1CCC(Cc2cnn(C)c2)C1. The molecule has 1 aromatic heterocycles. The first kappa shape index (κ1) is 19.7. The van der Waals surface area contributed by atoms with Gasteiger partial charge in [0.2, 0.25) is 0 Å². The number of likely N-dealkylation sites (tertiary alicyclic amines) is 1. The van der Waals surface area contributed by atoms with Crippen LogP contribution in [0.15, 0.2) is 41.7 Å². The Labute approximate surface area is 165 Å². The highest BCUT2D eigenvalue weighted by molar-refractivity contribution is 6.30. The van der Waals surface area contributed by atoms with Crippen LogP contribution in [0, 0.1) is 5.92 Å². The first-order valence-electron chi connectivity index (χ1n) is 9.49. The molecule has 27 heavy (non-hydrogen) atoms. The molecule has 1 aliphatic heterocycles. The van der Waals surface area contributed by atoms with Crippen LogP contribution in [0.3, 0.4) is 0 Å². The molecule has 0 spiro atoms. The number of benzene rings is 1. The fourth-order valence-electron chi connectivity index (χ4n) is 3.49. The van der Waals surface area contributed by atoms with Crippen LogP contribution in [-0.4, -0.2) is 51.9 Å². The molecule has 146 valence electrons. The number of aryl methyl sites for hydroxylation is 1. The lowest BCUT2D eigenvalue weighted by Crippen LogP contribution is -2.40. The zero-order valence-electron chi connectivity index (χ0n) is 16.0. The minimum absolute atomic E-state index is 0.327. The Morgan fingerprint density at radius 1 is 1.41 bits per heavy atom. The molecule has 1 saturated heterocycles. The Hall–Kier alpha value is -2.05. The molecule has 1 aromatic carbocycles. The Bertz CT molecular complexity index is 758. The zero-order chi connectivity index (χ0) is 19.2. The van der Waals surface area contributed by atoms with E-state index in [9.17, 15) is 5.11 Å². The standard InChI is InChI=1S/C20H28ClN5O/c1-3-22-20(23-12-19(27)17-4-6-18(21)7-5-17)26-9-8-15(14-26)10-16-11-24-25(2)13-16/h4-7,11,13,15,19,27H,3,8-10,12,14H2,1-2H3,(H,22,23).